The van der Waals surface area contributed by atoms with E-state index in [1.165, 1.54) is 0 Å². The van der Waals surface area contributed by atoms with Crippen molar-refractivity contribution >= 4 is 11.0 Å². The quantitative estimate of drug-likeness (QED) is 0.935. The third-order valence-electron chi connectivity index (χ3n) is 4.10. The van der Waals surface area contributed by atoms with Gasteiger partial charge >= 0.3 is 0 Å². The fraction of sp³-hybridized carbons (Fsp3) is 0.500. The first-order chi connectivity index (χ1) is 10.3. The van der Waals surface area contributed by atoms with Crippen LogP contribution in [0.3, 0.4) is 0 Å². The summed E-state index contributed by atoms with van der Waals surface area (Å²) in [5.74, 6) is 1.93. The molecule has 5 nitrogen and oxygen atoms in total. The lowest BCUT2D eigenvalue weighted by molar-refractivity contribution is 0.202. The molecule has 1 saturated carbocycles. The molecular formula is C16H21N3O2. The number of rotatable bonds is 4. The number of hydrogen-bond acceptors (Lipinski definition) is 5. The summed E-state index contributed by atoms with van der Waals surface area (Å²) in [6, 6.07) is 5.94. The molecule has 1 aliphatic rings. The van der Waals surface area contributed by atoms with E-state index in [1.54, 1.807) is 13.3 Å². The SMILES string of the molecule is COc1ccc2nccc(OC[C@H]3CC[C@H](N)CC3)c2n1. The van der Waals surface area contributed by atoms with E-state index in [1.807, 2.05) is 18.2 Å². The highest BCUT2D eigenvalue weighted by Gasteiger charge is 2.19. The van der Waals surface area contributed by atoms with Gasteiger partial charge in [0.25, 0.3) is 0 Å². The minimum Gasteiger partial charge on any atom is -0.491 e. The Hall–Kier alpha value is -1.88. The van der Waals surface area contributed by atoms with Crippen LogP contribution in [0.1, 0.15) is 25.7 Å². The molecule has 2 aromatic heterocycles. The average Bonchev–Trinajstić information content (AvgIpc) is 2.54. The smallest absolute Gasteiger partial charge is 0.213 e. The second kappa shape index (κ2) is 6.26. The maximum absolute atomic E-state index is 5.99. The van der Waals surface area contributed by atoms with Crippen molar-refractivity contribution in [1.29, 1.82) is 0 Å². The highest BCUT2D eigenvalue weighted by atomic mass is 16.5. The second-order valence-electron chi connectivity index (χ2n) is 5.62. The third kappa shape index (κ3) is 3.24. The summed E-state index contributed by atoms with van der Waals surface area (Å²) >= 11 is 0. The molecule has 21 heavy (non-hydrogen) atoms. The third-order valence-corrected chi connectivity index (χ3v) is 4.10. The van der Waals surface area contributed by atoms with Crippen LogP contribution in [0, 0.1) is 5.92 Å². The molecular weight excluding hydrogens is 266 g/mol. The van der Waals surface area contributed by atoms with Crippen LogP contribution in [0.2, 0.25) is 0 Å². The standard InChI is InChI=1S/C16H21N3O2/c1-20-15-7-6-13-16(19-15)14(8-9-18-13)21-10-11-2-4-12(17)5-3-11/h6-9,11-12H,2-5,10,17H2,1H3/t11-,12-. The fourth-order valence-electron chi connectivity index (χ4n) is 2.78. The Morgan fingerprint density at radius 1 is 1.19 bits per heavy atom. The molecule has 0 unspecified atom stereocenters. The first kappa shape index (κ1) is 14.1. The Morgan fingerprint density at radius 2 is 2.00 bits per heavy atom. The molecule has 0 aromatic carbocycles. The van der Waals surface area contributed by atoms with Crippen molar-refractivity contribution in [3.63, 3.8) is 0 Å². The summed E-state index contributed by atoms with van der Waals surface area (Å²) in [5.41, 5.74) is 7.51. The molecule has 112 valence electrons. The highest BCUT2D eigenvalue weighted by molar-refractivity contribution is 5.80. The lowest BCUT2D eigenvalue weighted by Crippen LogP contribution is -2.28. The van der Waals surface area contributed by atoms with E-state index in [2.05, 4.69) is 9.97 Å². The van der Waals surface area contributed by atoms with E-state index >= 15 is 0 Å². The highest BCUT2D eigenvalue weighted by Crippen LogP contribution is 2.27. The molecule has 1 fully saturated rings. The molecule has 0 saturated heterocycles. The Bertz CT molecular complexity index is 609. The molecule has 0 amide bonds. The molecule has 3 rings (SSSR count). The van der Waals surface area contributed by atoms with E-state index in [-0.39, 0.29) is 0 Å². The van der Waals surface area contributed by atoms with Crippen LogP contribution in [0.5, 0.6) is 11.6 Å². The zero-order valence-electron chi connectivity index (χ0n) is 12.3. The molecule has 5 heteroatoms. The summed E-state index contributed by atoms with van der Waals surface area (Å²) < 4.78 is 11.2. The first-order valence-electron chi connectivity index (χ1n) is 7.44. The number of pyridine rings is 2. The molecule has 0 aliphatic heterocycles. The molecule has 0 radical (unpaired) electrons. The molecule has 0 atom stereocenters. The van der Waals surface area contributed by atoms with Crippen molar-refractivity contribution < 1.29 is 9.47 Å². The van der Waals surface area contributed by atoms with E-state index in [9.17, 15) is 0 Å². The van der Waals surface area contributed by atoms with Crippen molar-refractivity contribution in [1.82, 2.24) is 9.97 Å². The van der Waals surface area contributed by atoms with Gasteiger partial charge in [-0.3, -0.25) is 4.98 Å². The number of nitrogens with zero attached hydrogens (tertiary/aromatic N) is 2. The van der Waals surface area contributed by atoms with Crippen LogP contribution >= 0.6 is 0 Å². The Morgan fingerprint density at radius 3 is 2.76 bits per heavy atom. The fourth-order valence-corrected chi connectivity index (χ4v) is 2.78. The molecule has 1 aliphatic carbocycles. The van der Waals surface area contributed by atoms with E-state index in [4.69, 9.17) is 15.2 Å². The lowest BCUT2D eigenvalue weighted by Gasteiger charge is -2.26. The molecule has 0 spiro atoms. The van der Waals surface area contributed by atoms with Crippen molar-refractivity contribution in [2.24, 2.45) is 11.7 Å². The van der Waals surface area contributed by atoms with Gasteiger partial charge in [-0.15, -0.1) is 0 Å². The monoisotopic (exact) mass is 287 g/mol. The van der Waals surface area contributed by atoms with Crippen LogP contribution < -0.4 is 15.2 Å². The van der Waals surface area contributed by atoms with Gasteiger partial charge in [-0.1, -0.05) is 0 Å². The second-order valence-corrected chi connectivity index (χ2v) is 5.62. The van der Waals surface area contributed by atoms with Gasteiger partial charge in [-0.2, -0.15) is 0 Å². The van der Waals surface area contributed by atoms with Crippen LogP contribution in [-0.2, 0) is 0 Å². The zero-order chi connectivity index (χ0) is 14.7. The van der Waals surface area contributed by atoms with Crippen molar-refractivity contribution in [2.75, 3.05) is 13.7 Å². The van der Waals surface area contributed by atoms with Gasteiger partial charge in [-0.25, -0.2) is 4.98 Å². The number of nitrogens with two attached hydrogens (primary N) is 1. The van der Waals surface area contributed by atoms with Gasteiger partial charge in [0.1, 0.15) is 11.3 Å². The van der Waals surface area contributed by atoms with Gasteiger partial charge in [0.15, 0.2) is 0 Å². The Labute approximate surface area is 124 Å². The normalized spacial score (nSPS) is 22.2. The summed E-state index contributed by atoms with van der Waals surface area (Å²) in [5, 5.41) is 0. The van der Waals surface area contributed by atoms with Crippen molar-refractivity contribution in [3.8, 4) is 11.6 Å². The minimum absolute atomic E-state index is 0.369. The van der Waals surface area contributed by atoms with Gasteiger partial charge in [-0.05, 0) is 37.7 Å². The number of hydrogen-bond donors (Lipinski definition) is 1. The predicted molar refractivity (Wildman–Crippen MR) is 81.5 cm³/mol. The first-order valence-corrected chi connectivity index (χ1v) is 7.44. The van der Waals surface area contributed by atoms with Crippen molar-refractivity contribution in [2.45, 2.75) is 31.7 Å². The molecule has 2 aromatic rings. The largest absolute Gasteiger partial charge is 0.491 e. The Kier molecular flexibility index (Phi) is 4.20. The van der Waals surface area contributed by atoms with E-state index in [0.29, 0.717) is 24.4 Å². The number of ether oxygens (including phenoxy) is 2. The lowest BCUT2D eigenvalue weighted by atomic mass is 9.87. The Balaban J connectivity index is 1.74. The van der Waals surface area contributed by atoms with Crippen LogP contribution in [-0.4, -0.2) is 29.7 Å². The van der Waals surface area contributed by atoms with E-state index < -0.39 is 0 Å². The predicted octanol–water partition coefficient (Wildman–Crippen LogP) is 2.53. The van der Waals surface area contributed by atoms with Crippen molar-refractivity contribution in [3.05, 3.63) is 24.4 Å². The zero-order valence-corrected chi connectivity index (χ0v) is 12.3. The maximum Gasteiger partial charge on any atom is 0.213 e. The topological polar surface area (TPSA) is 70.3 Å². The van der Waals surface area contributed by atoms with Gasteiger partial charge in [0.2, 0.25) is 5.88 Å². The maximum atomic E-state index is 5.99. The summed E-state index contributed by atoms with van der Waals surface area (Å²) in [6.07, 6.45) is 6.22. The van der Waals surface area contributed by atoms with Gasteiger partial charge in [0, 0.05) is 24.4 Å². The summed E-state index contributed by atoms with van der Waals surface area (Å²) in [6.45, 7) is 0.713. The van der Waals surface area contributed by atoms with Crippen LogP contribution in [0.15, 0.2) is 24.4 Å². The minimum atomic E-state index is 0.369. The molecule has 2 N–H and O–H groups in total. The number of aromatic nitrogens is 2. The summed E-state index contributed by atoms with van der Waals surface area (Å²) in [4.78, 5) is 8.75. The van der Waals surface area contributed by atoms with Gasteiger partial charge in [0.05, 0.1) is 19.2 Å². The summed E-state index contributed by atoms with van der Waals surface area (Å²) in [7, 11) is 1.61. The van der Waals surface area contributed by atoms with Crippen LogP contribution in [0.4, 0.5) is 0 Å². The molecule has 0 bridgehead atoms. The van der Waals surface area contributed by atoms with E-state index in [0.717, 1.165) is 42.5 Å². The average molecular weight is 287 g/mol. The van der Waals surface area contributed by atoms with Crippen LogP contribution in [0.25, 0.3) is 11.0 Å². The number of methoxy groups -OCH3 is 1. The van der Waals surface area contributed by atoms with Gasteiger partial charge < -0.3 is 15.2 Å². The molecule has 2 heterocycles. The number of fused-ring (bicyclic) bond motifs is 1.